The molecule has 3 nitrogen and oxygen atoms in total. The van der Waals surface area contributed by atoms with Gasteiger partial charge in [0.25, 0.3) is 5.91 Å². The van der Waals surface area contributed by atoms with Crippen molar-refractivity contribution in [2.75, 3.05) is 13.1 Å². The normalized spacial score (nSPS) is 19.1. The maximum Gasteiger partial charge on any atom is 0.259 e. The van der Waals surface area contributed by atoms with Crippen LogP contribution in [0.15, 0.2) is 0 Å². The van der Waals surface area contributed by atoms with Gasteiger partial charge in [0.2, 0.25) is 0 Å². The minimum atomic E-state index is -1.79. The zero-order valence-corrected chi connectivity index (χ0v) is 8.59. The van der Waals surface area contributed by atoms with Crippen molar-refractivity contribution in [2.24, 2.45) is 5.92 Å². The molecule has 0 bridgehead atoms. The molecule has 0 aromatic heterocycles. The Labute approximate surface area is 83.5 Å². The molecule has 1 saturated heterocycles. The third-order valence-electron chi connectivity index (χ3n) is 2.47. The van der Waals surface area contributed by atoms with Crippen LogP contribution in [-0.4, -0.2) is 29.6 Å². The van der Waals surface area contributed by atoms with E-state index in [2.05, 4.69) is 6.07 Å². The minimum absolute atomic E-state index is 0.0294. The number of nitriles is 1. The highest BCUT2D eigenvalue weighted by atomic mass is 19.1. The van der Waals surface area contributed by atoms with Gasteiger partial charge in [-0.3, -0.25) is 4.79 Å². The summed E-state index contributed by atoms with van der Waals surface area (Å²) in [7, 11) is 0. The van der Waals surface area contributed by atoms with Crippen LogP contribution < -0.4 is 0 Å². The Hall–Kier alpha value is -1.11. The average molecular weight is 198 g/mol. The Balaban J connectivity index is 2.51. The number of halogens is 1. The second kappa shape index (κ2) is 3.95. The number of hydrogen-bond donors (Lipinski definition) is 0. The SMILES string of the molecule is CC(C)(F)C(=O)N1CCC(C#N)CC1. The maximum absolute atomic E-state index is 13.3. The summed E-state index contributed by atoms with van der Waals surface area (Å²) >= 11 is 0. The summed E-state index contributed by atoms with van der Waals surface area (Å²) in [5.41, 5.74) is -1.79. The molecule has 0 aromatic rings. The first-order valence-electron chi connectivity index (χ1n) is 4.83. The Morgan fingerprint density at radius 3 is 2.36 bits per heavy atom. The van der Waals surface area contributed by atoms with Gasteiger partial charge in [0.1, 0.15) is 0 Å². The molecule has 0 unspecified atom stereocenters. The molecular formula is C10H15FN2O. The van der Waals surface area contributed by atoms with Crippen molar-refractivity contribution in [1.29, 1.82) is 5.26 Å². The van der Waals surface area contributed by atoms with Gasteiger partial charge in [-0.15, -0.1) is 0 Å². The van der Waals surface area contributed by atoms with Gasteiger partial charge in [-0.1, -0.05) is 0 Å². The molecule has 1 fully saturated rings. The van der Waals surface area contributed by atoms with Gasteiger partial charge < -0.3 is 4.90 Å². The van der Waals surface area contributed by atoms with E-state index in [1.165, 1.54) is 18.7 Å². The van der Waals surface area contributed by atoms with Crippen LogP contribution >= 0.6 is 0 Å². The zero-order valence-electron chi connectivity index (χ0n) is 8.59. The number of alkyl halides is 1. The summed E-state index contributed by atoms with van der Waals surface area (Å²) in [5.74, 6) is -0.435. The second-order valence-electron chi connectivity index (χ2n) is 4.17. The third kappa shape index (κ3) is 2.44. The third-order valence-corrected chi connectivity index (χ3v) is 2.47. The fourth-order valence-electron chi connectivity index (χ4n) is 1.59. The van der Waals surface area contributed by atoms with E-state index >= 15 is 0 Å². The van der Waals surface area contributed by atoms with Crippen LogP contribution in [0.5, 0.6) is 0 Å². The lowest BCUT2D eigenvalue weighted by Gasteiger charge is -2.32. The number of piperidine rings is 1. The monoisotopic (exact) mass is 198 g/mol. The van der Waals surface area contributed by atoms with E-state index in [0.29, 0.717) is 25.9 Å². The Morgan fingerprint density at radius 2 is 2.00 bits per heavy atom. The Bertz CT molecular complexity index is 256. The number of carbonyl (C=O) groups is 1. The van der Waals surface area contributed by atoms with Crippen LogP contribution in [0.3, 0.4) is 0 Å². The summed E-state index contributed by atoms with van der Waals surface area (Å²) in [4.78, 5) is 13.0. The van der Waals surface area contributed by atoms with Crippen LogP contribution in [-0.2, 0) is 4.79 Å². The van der Waals surface area contributed by atoms with Crippen molar-refractivity contribution in [3.8, 4) is 6.07 Å². The molecule has 0 radical (unpaired) electrons. The first-order valence-corrected chi connectivity index (χ1v) is 4.83. The van der Waals surface area contributed by atoms with Crippen LogP contribution in [0.25, 0.3) is 0 Å². The highest BCUT2D eigenvalue weighted by molar-refractivity contribution is 5.84. The number of hydrogen-bond acceptors (Lipinski definition) is 2. The van der Waals surface area contributed by atoms with E-state index in [0.717, 1.165) is 0 Å². The van der Waals surface area contributed by atoms with Crippen LogP contribution in [0.1, 0.15) is 26.7 Å². The van der Waals surface area contributed by atoms with E-state index in [-0.39, 0.29) is 5.92 Å². The van der Waals surface area contributed by atoms with Gasteiger partial charge in [-0.2, -0.15) is 5.26 Å². The quantitative estimate of drug-likeness (QED) is 0.640. The fourth-order valence-corrected chi connectivity index (χ4v) is 1.59. The van der Waals surface area contributed by atoms with E-state index < -0.39 is 11.6 Å². The second-order valence-corrected chi connectivity index (χ2v) is 4.17. The first kappa shape index (κ1) is 11.0. The number of rotatable bonds is 1. The van der Waals surface area contributed by atoms with Crippen LogP contribution in [0.2, 0.25) is 0 Å². The topological polar surface area (TPSA) is 44.1 Å². The molecule has 0 saturated carbocycles. The van der Waals surface area contributed by atoms with Gasteiger partial charge in [0.05, 0.1) is 6.07 Å². The minimum Gasteiger partial charge on any atom is -0.340 e. The summed E-state index contributed by atoms with van der Waals surface area (Å²) in [5, 5.41) is 8.65. The van der Waals surface area contributed by atoms with Crippen LogP contribution in [0.4, 0.5) is 4.39 Å². The maximum atomic E-state index is 13.3. The lowest BCUT2D eigenvalue weighted by atomic mass is 9.97. The van der Waals surface area contributed by atoms with E-state index in [4.69, 9.17) is 5.26 Å². The lowest BCUT2D eigenvalue weighted by Crippen LogP contribution is -2.46. The van der Waals surface area contributed by atoms with Crippen LogP contribution in [0, 0.1) is 17.2 Å². The molecule has 0 atom stereocenters. The van der Waals surface area contributed by atoms with Crippen molar-refractivity contribution in [2.45, 2.75) is 32.4 Å². The highest BCUT2D eigenvalue weighted by Gasteiger charge is 2.33. The van der Waals surface area contributed by atoms with Gasteiger partial charge >= 0.3 is 0 Å². The van der Waals surface area contributed by atoms with Crippen molar-refractivity contribution < 1.29 is 9.18 Å². The molecule has 1 heterocycles. The zero-order chi connectivity index (χ0) is 10.8. The average Bonchev–Trinajstić information content (AvgIpc) is 2.15. The smallest absolute Gasteiger partial charge is 0.259 e. The molecule has 4 heteroatoms. The number of carbonyl (C=O) groups excluding carboxylic acids is 1. The number of nitrogens with zero attached hydrogens (tertiary/aromatic N) is 2. The molecule has 0 aromatic carbocycles. The molecule has 1 amide bonds. The molecule has 78 valence electrons. The molecule has 0 spiro atoms. The predicted molar refractivity (Wildman–Crippen MR) is 50.1 cm³/mol. The van der Waals surface area contributed by atoms with Crippen molar-refractivity contribution in [3.05, 3.63) is 0 Å². The Morgan fingerprint density at radius 1 is 1.50 bits per heavy atom. The predicted octanol–water partition coefficient (Wildman–Crippen LogP) is 1.50. The lowest BCUT2D eigenvalue weighted by molar-refractivity contribution is -0.143. The van der Waals surface area contributed by atoms with Gasteiger partial charge in [0.15, 0.2) is 5.67 Å². The molecule has 14 heavy (non-hydrogen) atoms. The van der Waals surface area contributed by atoms with E-state index in [1.54, 1.807) is 0 Å². The first-order chi connectivity index (χ1) is 6.45. The molecule has 0 aliphatic carbocycles. The highest BCUT2D eigenvalue weighted by Crippen LogP contribution is 2.20. The largest absolute Gasteiger partial charge is 0.340 e. The number of likely N-dealkylation sites (tertiary alicyclic amines) is 1. The summed E-state index contributed by atoms with van der Waals surface area (Å²) in [6.45, 7) is 3.55. The Kier molecular flexibility index (Phi) is 3.10. The molecule has 1 aliphatic heterocycles. The summed E-state index contributed by atoms with van der Waals surface area (Å²) in [6.07, 6.45) is 1.33. The van der Waals surface area contributed by atoms with Gasteiger partial charge in [0, 0.05) is 19.0 Å². The van der Waals surface area contributed by atoms with E-state index in [9.17, 15) is 9.18 Å². The van der Waals surface area contributed by atoms with Crippen molar-refractivity contribution in [3.63, 3.8) is 0 Å². The number of amides is 1. The van der Waals surface area contributed by atoms with Crippen molar-refractivity contribution in [1.82, 2.24) is 4.90 Å². The standard InChI is InChI=1S/C10H15FN2O/c1-10(2,11)9(14)13-5-3-8(7-12)4-6-13/h8H,3-6H2,1-2H3. The van der Waals surface area contributed by atoms with Crippen molar-refractivity contribution >= 4 is 5.91 Å². The summed E-state index contributed by atoms with van der Waals surface area (Å²) in [6, 6.07) is 2.17. The summed E-state index contributed by atoms with van der Waals surface area (Å²) < 4.78 is 13.3. The van der Waals surface area contributed by atoms with E-state index in [1.807, 2.05) is 0 Å². The van der Waals surface area contributed by atoms with Gasteiger partial charge in [-0.25, -0.2) is 4.39 Å². The molecule has 1 rings (SSSR count). The molecule has 0 N–H and O–H groups in total. The van der Waals surface area contributed by atoms with Gasteiger partial charge in [-0.05, 0) is 26.7 Å². The molecule has 1 aliphatic rings. The fraction of sp³-hybridized carbons (Fsp3) is 0.800. The molecular weight excluding hydrogens is 183 g/mol.